The van der Waals surface area contributed by atoms with Crippen molar-refractivity contribution in [1.29, 1.82) is 0 Å². The Bertz CT molecular complexity index is 812. The number of carbonyl (C=O) groups is 1. The Morgan fingerprint density at radius 3 is 2.76 bits per heavy atom. The fourth-order valence-corrected chi connectivity index (χ4v) is 3.66. The number of hydrazone groups is 1. The maximum Gasteiger partial charge on any atom is 0.277 e. The highest BCUT2D eigenvalue weighted by atomic mass is 79.9. The molecule has 0 saturated carbocycles. The van der Waals surface area contributed by atoms with Crippen LogP contribution >= 0.6 is 47.8 Å². The first kappa shape index (κ1) is 19.7. The fraction of sp³-hybridized carbons (Fsp3) is 0.125. The van der Waals surface area contributed by atoms with E-state index in [1.54, 1.807) is 24.3 Å². The van der Waals surface area contributed by atoms with E-state index in [4.69, 9.17) is 9.47 Å². The van der Waals surface area contributed by atoms with Crippen LogP contribution in [0.2, 0.25) is 0 Å². The summed E-state index contributed by atoms with van der Waals surface area (Å²) in [5, 5.41) is 13.9. The monoisotopic (exact) mass is 534 g/mol. The van der Waals surface area contributed by atoms with Crippen molar-refractivity contribution in [2.24, 2.45) is 5.10 Å². The predicted molar refractivity (Wildman–Crippen MR) is 105 cm³/mol. The Hall–Kier alpha value is -1.58. The minimum absolute atomic E-state index is 0.0524. The molecule has 0 spiro atoms. The molecule has 25 heavy (non-hydrogen) atoms. The maximum absolute atomic E-state index is 11.7. The van der Waals surface area contributed by atoms with Crippen LogP contribution in [0.4, 0.5) is 0 Å². The van der Waals surface area contributed by atoms with Crippen molar-refractivity contribution in [2.45, 2.75) is 0 Å². The lowest BCUT2D eigenvalue weighted by Crippen LogP contribution is -2.24. The van der Waals surface area contributed by atoms with Crippen LogP contribution in [-0.4, -0.2) is 30.9 Å². The summed E-state index contributed by atoms with van der Waals surface area (Å²) in [5.41, 5.74) is 2.73. The molecule has 0 unspecified atom stereocenters. The summed E-state index contributed by atoms with van der Waals surface area (Å²) < 4.78 is 12.4. The van der Waals surface area contributed by atoms with Crippen LogP contribution in [0.5, 0.6) is 17.2 Å². The average molecular weight is 537 g/mol. The number of rotatable bonds is 6. The largest absolute Gasteiger partial charge is 0.506 e. The van der Waals surface area contributed by atoms with Gasteiger partial charge in [0, 0.05) is 10.0 Å². The third kappa shape index (κ3) is 5.45. The van der Waals surface area contributed by atoms with Gasteiger partial charge in [0.15, 0.2) is 12.4 Å². The number of aromatic hydroxyl groups is 1. The van der Waals surface area contributed by atoms with E-state index in [1.807, 2.05) is 6.07 Å². The summed E-state index contributed by atoms with van der Waals surface area (Å²) in [7, 11) is 1.49. The predicted octanol–water partition coefficient (Wildman–Crippen LogP) is 4.22. The standard InChI is InChI=1S/C16H13Br3N2O4/c1-24-16-12(18)5-9(15(23)14(16)19)7-20-21-13(22)8-25-11-4-2-3-10(17)6-11/h2-7,23H,8H2,1H3,(H,21,22)/b20-7+. The Kier molecular flexibility index (Phi) is 7.27. The molecule has 0 atom stereocenters. The van der Waals surface area contributed by atoms with Crippen LogP contribution in [0, 0.1) is 0 Å². The molecule has 0 saturated heterocycles. The second-order valence-electron chi connectivity index (χ2n) is 4.68. The maximum atomic E-state index is 11.7. The highest BCUT2D eigenvalue weighted by Crippen LogP contribution is 2.41. The summed E-state index contributed by atoms with van der Waals surface area (Å²) in [5.74, 6) is 0.543. The number of nitrogens with zero attached hydrogens (tertiary/aromatic N) is 1. The summed E-state index contributed by atoms with van der Waals surface area (Å²) in [6.45, 7) is -0.185. The second-order valence-corrected chi connectivity index (χ2v) is 7.25. The Morgan fingerprint density at radius 1 is 1.32 bits per heavy atom. The third-order valence-corrected chi connectivity index (χ3v) is 4.76. The van der Waals surface area contributed by atoms with Crippen LogP contribution in [0.3, 0.4) is 0 Å². The van der Waals surface area contributed by atoms with Crippen molar-refractivity contribution in [2.75, 3.05) is 13.7 Å². The molecule has 0 fully saturated rings. The summed E-state index contributed by atoms with van der Waals surface area (Å²) >= 11 is 9.89. The SMILES string of the molecule is COc1c(Br)cc(/C=N/NC(=O)COc2cccc(Br)c2)c(O)c1Br. The molecule has 0 heterocycles. The molecule has 0 aromatic heterocycles. The summed E-state index contributed by atoms with van der Waals surface area (Å²) in [6, 6.07) is 8.77. The molecule has 0 radical (unpaired) electrons. The van der Waals surface area contributed by atoms with E-state index in [-0.39, 0.29) is 12.4 Å². The Balaban J connectivity index is 1.95. The van der Waals surface area contributed by atoms with Crippen molar-refractivity contribution in [3.63, 3.8) is 0 Å². The van der Waals surface area contributed by atoms with Gasteiger partial charge < -0.3 is 14.6 Å². The molecule has 132 valence electrons. The van der Waals surface area contributed by atoms with E-state index in [2.05, 4.69) is 58.3 Å². The molecule has 1 amide bonds. The molecule has 2 aromatic carbocycles. The number of halogens is 3. The molecular weight excluding hydrogens is 524 g/mol. The molecule has 9 heteroatoms. The minimum Gasteiger partial charge on any atom is -0.506 e. The van der Waals surface area contributed by atoms with Gasteiger partial charge in [-0.2, -0.15) is 5.10 Å². The van der Waals surface area contributed by atoms with E-state index >= 15 is 0 Å². The lowest BCUT2D eigenvalue weighted by Gasteiger charge is -2.10. The molecule has 0 aliphatic heterocycles. The number of methoxy groups -OCH3 is 1. The zero-order valence-electron chi connectivity index (χ0n) is 12.9. The van der Waals surface area contributed by atoms with Gasteiger partial charge in [0.05, 0.1) is 17.8 Å². The number of amides is 1. The van der Waals surface area contributed by atoms with Crippen molar-refractivity contribution in [1.82, 2.24) is 5.43 Å². The number of nitrogens with one attached hydrogen (secondary N) is 1. The van der Waals surface area contributed by atoms with Crippen LogP contribution in [0.25, 0.3) is 0 Å². The normalized spacial score (nSPS) is 10.7. The summed E-state index contributed by atoms with van der Waals surface area (Å²) in [4.78, 5) is 11.7. The molecule has 6 nitrogen and oxygen atoms in total. The molecular formula is C16H13Br3N2O4. The van der Waals surface area contributed by atoms with Gasteiger partial charge in [0.25, 0.3) is 5.91 Å². The second kappa shape index (κ2) is 9.21. The van der Waals surface area contributed by atoms with Gasteiger partial charge in [-0.15, -0.1) is 0 Å². The zero-order valence-corrected chi connectivity index (χ0v) is 17.7. The van der Waals surface area contributed by atoms with Gasteiger partial charge in [-0.3, -0.25) is 4.79 Å². The topological polar surface area (TPSA) is 80.2 Å². The first-order valence-electron chi connectivity index (χ1n) is 6.87. The molecule has 0 aliphatic rings. The van der Waals surface area contributed by atoms with Crippen LogP contribution in [0.15, 0.2) is 48.9 Å². The minimum atomic E-state index is -0.428. The van der Waals surface area contributed by atoms with Crippen molar-refractivity contribution in [3.8, 4) is 17.2 Å². The van der Waals surface area contributed by atoms with E-state index < -0.39 is 5.91 Å². The Labute approximate surface area is 169 Å². The summed E-state index contributed by atoms with van der Waals surface area (Å²) in [6.07, 6.45) is 1.32. The fourth-order valence-electron chi connectivity index (χ4n) is 1.81. The lowest BCUT2D eigenvalue weighted by atomic mass is 10.2. The quantitative estimate of drug-likeness (QED) is 0.428. The lowest BCUT2D eigenvalue weighted by molar-refractivity contribution is -0.123. The highest BCUT2D eigenvalue weighted by Gasteiger charge is 2.14. The molecule has 0 bridgehead atoms. The first-order chi connectivity index (χ1) is 11.9. The smallest absolute Gasteiger partial charge is 0.277 e. The first-order valence-corrected chi connectivity index (χ1v) is 9.25. The van der Waals surface area contributed by atoms with E-state index in [0.29, 0.717) is 26.0 Å². The molecule has 2 rings (SSSR count). The van der Waals surface area contributed by atoms with Crippen molar-refractivity contribution >= 4 is 59.9 Å². The van der Waals surface area contributed by atoms with E-state index in [0.717, 1.165) is 4.47 Å². The Morgan fingerprint density at radius 2 is 2.08 bits per heavy atom. The number of hydrogen-bond donors (Lipinski definition) is 2. The van der Waals surface area contributed by atoms with Crippen molar-refractivity contribution < 1.29 is 19.4 Å². The van der Waals surface area contributed by atoms with Gasteiger partial charge in [-0.1, -0.05) is 22.0 Å². The van der Waals surface area contributed by atoms with Gasteiger partial charge in [0.1, 0.15) is 16.0 Å². The van der Waals surface area contributed by atoms with Gasteiger partial charge in [0.2, 0.25) is 0 Å². The van der Waals surface area contributed by atoms with E-state index in [1.165, 1.54) is 13.3 Å². The number of carbonyl (C=O) groups excluding carboxylic acids is 1. The van der Waals surface area contributed by atoms with Gasteiger partial charge >= 0.3 is 0 Å². The molecule has 2 aromatic rings. The van der Waals surface area contributed by atoms with Gasteiger partial charge in [-0.25, -0.2) is 5.43 Å². The van der Waals surface area contributed by atoms with Crippen molar-refractivity contribution in [3.05, 3.63) is 49.3 Å². The number of phenolic OH excluding ortho intramolecular Hbond substituents is 1. The van der Waals surface area contributed by atoms with E-state index in [9.17, 15) is 9.90 Å². The number of benzene rings is 2. The molecule has 0 aliphatic carbocycles. The van der Waals surface area contributed by atoms with Crippen LogP contribution in [0.1, 0.15) is 5.56 Å². The number of ether oxygens (including phenoxy) is 2. The average Bonchev–Trinajstić information content (AvgIpc) is 2.58. The van der Waals surface area contributed by atoms with Gasteiger partial charge in [-0.05, 0) is 56.1 Å². The molecule has 2 N–H and O–H groups in total. The number of phenols is 1. The zero-order chi connectivity index (χ0) is 18.4. The van der Waals surface area contributed by atoms with Crippen LogP contribution < -0.4 is 14.9 Å². The highest BCUT2D eigenvalue weighted by molar-refractivity contribution is 9.11. The van der Waals surface area contributed by atoms with Crippen LogP contribution in [-0.2, 0) is 4.79 Å². The third-order valence-electron chi connectivity index (χ3n) is 2.94. The number of hydrogen-bond acceptors (Lipinski definition) is 5.